The number of carbonyl (C=O) groups is 1. The Labute approximate surface area is 253 Å². The monoisotopic (exact) mass is 630 g/mol. The Morgan fingerprint density at radius 2 is 1.65 bits per heavy atom. The molecule has 0 unspecified atom stereocenters. The zero-order chi connectivity index (χ0) is 32.0. The molecule has 0 spiro atoms. The second-order valence-electron chi connectivity index (χ2n) is 11.9. The smallest absolute Gasteiger partial charge is 0.294 e. The van der Waals surface area contributed by atoms with Crippen molar-refractivity contribution >= 4 is 43.2 Å². The highest BCUT2D eigenvalue weighted by molar-refractivity contribution is 7.86. The highest BCUT2D eigenvalue weighted by atomic mass is 32.2. The van der Waals surface area contributed by atoms with Crippen molar-refractivity contribution < 1.29 is 35.3 Å². The van der Waals surface area contributed by atoms with Crippen molar-refractivity contribution in [1.29, 1.82) is 0 Å². The lowest BCUT2D eigenvalue weighted by Gasteiger charge is -2.27. The van der Waals surface area contributed by atoms with Gasteiger partial charge in [-0.25, -0.2) is 14.3 Å². The van der Waals surface area contributed by atoms with Crippen LogP contribution in [0.1, 0.15) is 64.5 Å². The summed E-state index contributed by atoms with van der Waals surface area (Å²) in [6.45, 7) is 8.53. The molecule has 0 bridgehead atoms. The van der Waals surface area contributed by atoms with E-state index in [4.69, 9.17) is 5.84 Å². The summed E-state index contributed by atoms with van der Waals surface area (Å²) in [5.41, 5.74) is 5.88. The number of nitrogens with one attached hydrogen (secondary N) is 1. The standard InChI is InChI=1S/C30H38N4O7S2/c1-29(2)22-18-20(42(36,37)38)13-15-24(22)33(5)26(29)10-9-11-27-30(3,4)23-19-21(43(39,40)41)14-16-25(23)34(27)17-8-6-7-12-28(35)32-31/h9-11,13-16,18-19H,6-8,12,17,31H2,1-5H3,(H2-,32,35,36,37,38,39,40,41). The lowest BCUT2D eigenvalue weighted by Crippen LogP contribution is -2.29. The first-order valence-electron chi connectivity index (χ1n) is 13.9. The topological polar surface area (TPSA) is 173 Å². The molecule has 13 heteroatoms. The van der Waals surface area contributed by atoms with Gasteiger partial charge in [0, 0.05) is 47.5 Å². The van der Waals surface area contributed by atoms with Crippen LogP contribution in [0, 0.1) is 0 Å². The van der Waals surface area contributed by atoms with E-state index in [0.717, 1.165) is 46.8 Å². The highest BCUT2D eigenvalue weighted by Crippen LogP contribution is 2.48. The van der Waals surface area contributed by atoms with E-state index in [9.17, 15) is 30.7 Å². The zero-order valence-corrected chi connectivity index (χ0v) is 26.5. The summed E-state index contributed by atoms with van der Waals surface area (Å²) in [4.78, 5) is 13.2. The van der Waals surface area contributed by atoms with Crippen LogP contribution in [0.4, 0.5) is 11.4 Å². The van der Waals surface area contributed by atoms with Gasteiger partial charge in [0.1, 0.15) is 17.2 Å². The molecule has 0 saturated carbocycles. The van der Waals surface area contributed by atoms with Crippen LogP contribution in [0.2, 0.25) is 0 Å². The molecule has 11 nitrogen and oxygen atoms in total. The zero-order valence-electron chi connectivity index (χ0n) is 24.9. The second-order valence-corrected chi connectivity index (χ2v) is 14.7. The predicted molar refractivity (Wildman–Crippen MR) is 163 cm³/mol. The van der Waals surface area contributed by atoms with Crippen molar-refractivity contribution in [3.8, 4) is 0 Å². The number of anilines is 1. The Balaban J connectivity index is 1.69. The Morgan fingerprint density at radius 3 is 2.28 bits per heavy atom. The molecule has 4 N–H and O–H groups in total. The summed E-state index contributed by atoms with van der Waals surface area (Å²) >= 11 is 0. The van der Waals surface area contributed by atoms with Gasteiger partial charge in [-0.2, -0.15) is 13.0 Å². The number of carbonyl (C=O) groups excluding carboxylic acids is 1. The highest BCUT2D eigenvalue weighted by Gasteiger charge is 2.44. The van der Waals surface area contributed by atoms with Crippen LogP contribution in [0.3, 0.4) is 0 Å². The minimum Gasteiger partial charge on any atom is -0.744 e. The molecule has 1 amide bonds. The van der Waals surface area contributed by atoms with E-state index in [-0.39, 0.29) is 15.7 Å². The molecule has 0 saturated heterocycles. The number of hydrogen-bond donors (Lipinski definition) is 3. The van der Waals surface area contributed by atoms with Crippen molar-refractivity contribution in [3.05, 3.63) is 71.5 Å². The van der Waals surface area contributed by atoms with Gasteiger partial charge in [-0.05, 0) is 68.7 Å². The van der Waals surface area contributed by atoms with Crippen LogP contribution in [0.25, 0.3) is 0 Å². The van der Waals surface area contributed by atoms with E-state index < -0.39 is 31.1 Å². The first-order chi connectivity index (χ1) is 19.9. The van der Waals surface area contributed by atoms with Crippen LogP contribution >= 0.6 is 0 Å². The number of hydrazine groups is 1. The predicted octanol–water partition coefficient (Wildman–Crippen LogP) is 3.63. The molecule has 4 rings (SSSR count). The Bertz CT molecular complexity index is 1770. The summed E-state index contributed by atoms with van der Waals surface area (Å²) in [7, 11) is -7.11. The maximum Gasteiger partial charge on any atom is 0.294 e. The quantitative estimate of drug-likeness (QED) is 0.0885. The molecular weight excluding hydrogens is 592 g/mol. The molecule has 232 valence electrons. The van der Waals surface area contributed by atoms with Crippen molar-refractivity contribution in [2.75, 3.05) is 18.5 Å². The van der Waals surface area contributed by atoms with Crippen LogP contribution in [0.5, 0.6) is 0 Å². The van der Waals surface area contributed by atoms with E-state index in [1.807, 2.05) is 57.5 Å². The van der Waals surface area contributed by atoms with E-state index >= 15 is 0 Å². The minimum atomic E-state index is -4.60. The normalized spacial score (nSPS) is 18.4. The van der Waals surface area contributed by atoms with E-state index in [1.54, 1.807) is 12.1 Å². The molecule has 0 radical (unpaired) electrons. The molecule has 0 atom stereocenters. The lowest BCUT2D eigenvalue weighted by molar-refractivity contribution is -0.401. The summed E-state index contributed by atoms with van der Waals surface area (Å²) in [5.74, 6) is 4.95. The van der Waals surface area contributed by atoms with Gasteiger partial charge in [-0.15, -0.1) is 0 Å². The summed E-state index contributed by atoms with van der Waals surface area (Å²) in [6, 6.07) is 9.00. The van der Waals surface area contributed by atoms with Crippen LogP contribution in [0.15, 0.2) is 70.1 Å². The fourth-order valence-electron chi connectivity index (χ4n) is 6.06. The third kappa shape index (κ3) is 6.31. The van der Waals surface area contributed by atoms with Crippen LogP contribution < -0.4 is 16.2 Å². The van der Waals surface area contributed by atoms with Crippen LogP contribution in [-0.4, -0.2) is 55.7 Å². The Kier molecular flexibility index (Phi) is 8.80. The fraction of sp³-hybridized carbons (Fsp3) is 0.400. The SMILES string of the molecule is C[N+]1=C(/C=C/C=C2/N(CCCCCC(=O)NN)c3ccc(S(=O)(=O)O)cc3C2(C)C)C(C)(C)c2cc(S(=O)(=O)[O-])ccc21. The number of nitrogens with two attached hydrogens (primary N) is 1. The Hall–Kier alpha value is -3.36. The first kappa shape index (κ1) is 32.6. The second kappa shape index (κ2) is 11.6. The van der Waals surface area contributed by atoms with Gasteiger partial charge in [0.25, 0.3) is 10.1 Å². The molecule has 0 aliphatic carbocycles. The molecule has 2 aliphatic rings. The third-order valence-corrected chi connectivity index (χ3v) is 10.1. The van der Waals surface area contributed by atoms with Crippen LogP contribution in [-0.2, 0) is 35.9 Å². The van der Waals surface area contributed by atoms with Crippen molar-refractivity contribution in [2.45, 2.75) is 74.0 Å². The summed E-state index contributed by atoms with van der Waals surface area (Å²) in [6.07, 6.45) is 8.38. The van der Waals surface area contributed by atoms with Gasteiger partial charge < -0.3 is 9.45 Å². The van der Waals surface area contributed by atoms with Gasteiger partial charge >= 0.3 is 0 Å². The largest absolute Gasteiger partial charge is 0.744 e. The molecule has 0 fully saturated rings. The average molecular weight is 631 g/mol. The van der Waals surface area contributed by atoms with Crippen molar-refractivity contribution in [3.63, 3.8) is 0 Å². The molecule has 43 heavy (non-hydrogen) atoms. The minimum absolute atomic E-state index is 0.175. The molecule has 2 aromatic carbocycles. The molecular formula is C30H38N4O7S2. The Morgan fingerprint density at radius 1 is 1.00 bits per heavy atom. The number of unbranched alkanes of at least 4 members (excludes halogenated alkanes) is 2. The van der Waals surface area contributed by atoms with E-state index in [0.29, 0.717) is 19.4 Å². The molecule has 2 aliphatic heterocycles. The molecule has 2 aromatic rings. The number of amides is 1. The maximum absolute atomic E-state index is 11.9. The summed E-state index contributed by atoms with van der Waals surface area (Å²) < 4.78 is 70.5. The molecule has 0 aromatic heterocycles. The van der Waals surface area contributed by atoms with Gasteiger partial charge in [0.15, 0.2) is 5.71 Å². The number of benzene rings is 2. The first-order valence-corrected chi connectivity index (χ1v) is 16.7. The average Bonchev–Trinajstić information content (AvgIpc) is 3.25. The number of hydrogen-bond acceptors (Lipinski definition) is 8. The van der Waals surface area contributed by atoms with E-state index in [1.165, 1.54) is 24.3 Å². The van der Waals surface area contributed by atoms with Gasteiger partial charge in [-0.3, -0.25) is 14.8 Å². The number of fused-ring (bicyclic) bond motifs is 2. The number of rotatable bonds is 10. The third-order valence-electron chi connectivity index (χ3n) is 8.41. The number of nitrogens with zero attached hydrogens (tertiary/aromatic N) is 2. The van der Waals surface area contributed by atoms with E-state index in [2.05, 4.69) is 10.3 Å². The fourth-order valence-corrected chi connectivity index (χ4v) is 7.07. The van der Waals surface area contributed by atoms with Gasteiger partial charge in [-0.1, -0.05) is 26.3 Å². The summed E-state index contributed by atoms with van der Waals surface area (Å²) in [5, 5.41) is 0. The lowest BCUT2D eigenvalue weighted by atomic mass is 9.81. The number of allylic oxidation sites excluding steroid dienone is 4. The van der Waals surface area contributed by atoms with Gasteiger partial charge in [0.05, 0.1) is 15.2 Å². The van der Waals surface area contributed by atoms with Crippen molar-refractivity contribution in [2.24, 2.45) is 5.84 Å². The van der Waals surface area contributed by atoms with Crippen molar-refractivity contribution in [1.82, 2.24) is 5.43 Å². The van der Waals surface area contributed by atoms with Gasteiger partial charge in [0.2, 0.25) is 11.6 Å². The molecule has 2 heterocycles. The maximum atomic E-state index is 11.9.